The molecular formula is C24H27ClN6O. The molecule has 0 radical (unpaired) electrons. The van der Waals surface area contributed by atoms with E-state index in [0.717, 1.165) is 79.7 Å². The molecule has 0 unspecified atom stereocenters. The van der Waals surface area contributed by atoms with E-state index in [1.165, 1.54) is 0 Å². The second-order valence-electron chi connectivity index (χ2n) is 8.47. The topological polar surface area (TPSA) is 55.8 Å². The standard InChI is InChI=1S/C24H27ClN6O/c1-28-9-11-31(12-10-28)24(32)22-20-7-2-3-8-21(20)23(27-26-22)30-15-13-29(14-16-30)19-6-4-5-18(25)17-19/h2-8,17H,9-16H2,1H3. The third-order valence-electron chi connectivity index (χ3n) is 6.41. The van der Waals surface area contributed by atoms with E-state index in [-0.39, 0.29) is 5.91 Å². The number of halogens is 1. The Hall–Kier alpha value is -2.90. The van der Waals surface area contributed by atoms with Gasteiger partial charge in [-0.15, -0.1) is 10.2 Å². The van der Waals surface area contributed by atoms with Crippen molar-refractivity contribution in [3.63, 3.8) is 0 Å². The Morgan fingerprint density at radius 1 is 0.812 bits per heavy atom. The maximum Gasteiger partial charge on any atom is 0.275 e. The first-order chi connectivity index (χ1) is 15.6. The zero-order chi connectivity index (χ0) is 22.1. The molecule has 3 aromatic rings. The summed E-state index contributed by atoms with van der Waals surface area (Å²) in [6, 6.07) is 16.0. The fourth-order valence-corrected chi connectivity index (χ4v) is 4.67. The van der Waals surface area contributed by atoms with Crippen molar-refractivity contribution in [2.24, 2.45) is 0 Å². The first kappa shape index (κ1) is 21.0. The van der Waals surface area contributed by atoms with Crippen LogP contribution in [0.4, 0.5) is 11.5 Å². The minimum atomic E-state index is -0.0286. The molecule has 7 nitrogen and oxygen atoms in total. The molecule has 2 aliphatic heterocycles. The summed E-state index contributed by atoms with van der Waals surface area (Å²) in [7, 11) is 2.08. The van der Waals surface area contributed by atoms with Crippen molar-refractivity contribution in [3.8, 4) is 0 Å². The van der Waals surface area contributed by atoms with Crippen molar-refractivity contribution in [2.75, 3.05) is 69.2 Å². The Labute approximate surface area is 193 Å². The molecule has 0 spiro atoms. The van der Waals surface area contributed by atoms with Crippen molar-refractivity contribution < 1.29 is 4.79 Å². The Morgan fingerprint density at radius 3 is 2.22 bits per heavy atom. The molecule has 0 saturated carbocycles. The Kier molecular flexibility index (Phi) is 5.85. The number of nitrogens with zero attached hydrogens (tertiary/aromatic N) is 6. The zero-order valence-electron chi connectivity index (χ0n) is 18.2. The summed E-state index contributed by atoms with van der Waals surface area (Å²) in [5, 5.41) is 11.6. The highest BCUT2D eigenvalue weighted by atomic mass is 35.5. The smallest absolute Gasteiger partial charge is 0.275 e. The van der Waals surface area contributed by atoms with Gasteiger partial charge in [0.25, 0.3) is 5.91 Å². The van der Waals surface area contributed by atoms with Gasteiger partial charge in [-0.25, -0.2) is 0 Å². The lowest BCUT2D eigenvalue weighted by atomic mass is 10.1. The molecule has 32 heavy (non-hydrogen) atoms. The van der Waals surface area contributed by atoms with Gasteiger partial charge in [0.1, 0.15) is 0 Å². The van der Waals surface area contributed by atoms with Gasteiger partial charge >= 0.3 is 0 Å². The second kappa shape index (κ2) is 8.92. The number of rotatable bonds is 3. The molecule has 2 fully saturated rings. The number of hydrogen-bond acceptors (Lipinski definition) is 6. The molecule has 1 amide bonds. The summed E-state index contributed by atoms with van der Waals surface area (Å²) in [6.07, 6.45) is 0. The number of fused-ring (bicyclic) bond motifs is 1. The first-order valence-corrected chi connectivity index (χ1v) is 11.5. The van der Waals surface area contributed by atoms with Gasteiger partial charge < -0.3 is 19.6 Å². The van der Waals surface area contributed by atoms with Crippen LogP contribution in [0.15, 0.2) is 48.5 Å². The molecule has 3 heterocycles. The monoisotopic (exact) mass is 450 g/mol. The van der Waals surface area contributed by atoms with E-state index in [0.29, 0.717) is 5.69 Å². The van der Waals surface area contributed by atoms with E-state index in [1.807, 2.05) is 47.4 Å². The molecule has 0 aliphatic carbocycles. The molecule has 0 bridgehead atoms. The molecule has 2 aromatic carbocycles. The fraction of sp³-hybridized carbons (Fsp3) is 0.375. The van der Waals surface area contributed by atoms with Crippen LogP contribution in [-0.4, -0.2) is 85.3 Å². The fourth-order valence-electron chi connectivity index (χ4n) is 4.49. The minimum absolute atomic E-state index is 0.0286. The first-order valence-electron chi connectivity index (χ1n) is 11.1. The largest absolute Gasteiger partial charge is 0.368 e. The molecule has 2 aliphatic rings. The van der Waals surface area contributed by atoms with Gasteiger partial charge in [-0.3, -0.25) is 4.79 Å². The summed E-state index contributed by atoms with van der Waals surface area (Å²) in [4.78, 5) is 21.9. The van der Waals surface area contributed by atoms with Crippen molar-refractivity contribution in [1.29, 1.82) is 0 Å². The highest BCUT2D eigenvalue weighted by molar-refractivity contribution is 6.30. The number of carbonyl (C=O) groups is 1. The minimum Gasteiger partial charge on any atom is -0.368 e. The van der Waals surface area contributed by atoms with Gasteiger partial charge in [0.2, 0.25) is 0 Å². The molecule has 0 N–H and O–H groups in total. The number of benzene rings is 2. The van der Waals surface area contributed by atoms with Gasteiger partial charge in [-0.1, -0.05) is 41.9 Å². The number of carbonyl (C=O) groups excluding carboxylic acids is 1. The van der Waals surface area contributed by atoms with Crippen molar-refractivity contribution in [1.82, 2.24) is 20.0 Å². The molecule has 1 aromatic heterocycles. The van der Waals surface area contributed by atoms with Crippen LogP contribution in [0.5, 0.6) is 0 Å². The molecular weight excluding hydrogens is 424 g/mol. The summed E-state index contributed by atoms with van der Waals surface area (Å²) in [6.45, 7) is 6.61. The van der Waals surface area contributed by atoms with Crippen molar-refractivity contribution >= 4 is 39.8 Å². The van der Waals surface area contributed by atoms with E-state index in [1.54, 1.807) is 0 Å². The van der Waals surface area contributed by atoms with Crippen LogP contribution in [0.3, 0.4) is 0 Å². The molecule has 8 heteroatoms. The third kappa shape index (κ3) is 4.10. The summed E-state index contributed by atoms with van der Waals surface area (Å²) in [5.74, 6) is 0.820. The number of anilines is 2. The lowest BCUT2D eigenvalue weighted by molar-refractivity contribution is 0.0659. The molecule has 0 atom stereocenters. The van der Waals surface area contributed by atoms with Crippen LogP contribution in [0.1, 0.15) is 10.5 Å². The van der Waals surface area contributed by atoms with Gasteiger partial charge in [0.05, 0.1) is 0 Å². The number of piperazine rings is 2. The van der Waals surface area contributed by atoms with Crippen LogP contribution >= 0.6 is 11.6 Å². The lowest BCUT2D eigenvalue weighted by Gasteiger charge is -2.37. The van der Waals surface area contributed by atoms with E-state index in [2.05, 4.69) is 38.0 Å². The van der Waals surface area contributed by atoms with E-state index in [4.69, 9.17) is 11.6 Å². The predicted octanol–water partition coefficient (Wildman–Crippen LogP) is 3.00. The number of likely N-dealkylation sites (N-methyl/N-ethyl adjacent to an activating group) is 1. The number of hydrogen-bond donors (Lipinski definition) is 0. The third-order valence-corrected chi connectivity index (χ3v) is 6.65. The van der Waals surface area contributed by atoms with E-state index >= 15 is 0 Å². The highest BCUT2D eigenvalue weighted by Crippen LogP contribution is 2.28. The van der Waals surface area contributed by atoms with Crippen molar-refractivity contribution in [2.45, 2.75) is 0 Å². The van der Waals surface area contributed by atoms with Crippen LogP contribution < -0.4 is 9.80 Å². The molecule has 2 saturated heterocycles. The number of aromatic nitrogens is 2. The average Bonchev–Trinajstić information content (AvgIpc) is 2.83. The number of amides is 1. The SMILES string of the molecule is CN1CCN(C(=O)c2nnc(N3CCN(c4cccc(Cl)c4)CC3)c3ccccc23)CC1. The molecule has 166 valence electrons. The highest BCUT2D eigenvalue weighted by Gasteiger charge is 2.26. The van der Waals surface area contributed by atoms with Gasteiger partial charge in [-0.2, -0.15) is 0 Å². The summed E-state index contributed by atoms with van der Waals surface area (Å²) >= 11 is 6.17. The van der Waals surface area contributed by atoms with Crippen molar-refractivity contribution in [3.05, 3.63) is 59.2 Å². The van der Waals surface area contributed by atoms with Crippen LogP contribution in [0, 0.1) is 0 Å². The van der Waals surface area contributed by atoms with E-state index < -0.39 is 0 Å². The maximum atomic E-state index is 13.2. The summed E-state index contributed by atoms with van der Waals surface area (Å²) in [5.41, 5.74) is 1.59. The quantitative estimate of drug-likeness (QED) is 0.611. The van der Waals surface area contributed by atoms with Crippen LogP contribution in [0.2, 0.25) is 5.02 Å². The average molecular weight is 451 g/mol. The maximum absolute atomic E-state index is 13.2. The van der Waals surface area contributed by atoms with Crippen LogP contribution in [0.25, 0.3) is 10.8 Å². The van der Waals surface area contributed by atoms with Crippen LogP contribution in [-0.2, 0) is 0 Å². The van der Waals surface area contributed by atoms with Gasteiger partial charge in [0, 0.05) is 73.8 Å². The van der Waals surface area contributed by atoms with E-state index in [9.17, 15) is 4.79 Å². The summed E-state index contributed by atoms with van der Waals surface area (Å²) < 4.78 is 0. The predicted molar refractivity (Wildman–Crippen MR) is 129 cm³/mol. The Balaban J connectivity index is 1.38. The normalized spacial score (nSPS) is 17.8. The second-order valence-corrected chi connectivity index (χ2v) is 8.90. The lowest BCUT2D eigenvalue weighted by Crippen LogP contribution is -2.48. The Bertz CT molecular complexity index is 1120. The zero-order valence-corrected chi connectivity index (χ0v) is 19.0. The van der Waals surface area contributed by atoms with Gasteiger partial charge in [-0.05, 0) is 25.2 Å². The molecule has 5 rings (SSSR count). The Morgan fingerprint density at radius 2 is 1.50 bits per heavy atom. The van der Waals surface area contributed by atoms with Gasteiger partial charge in [0.15, 0.2) is 11.5 Å².